The van der Waals surface area contributed by atoms with Gasteiger partial charge in [0, 0.05) is 6.07 Å². The standard InChI is InChI=1S/C9H7NO3S/c1-12-9-4-8(14-10-9)7-3-2-6(5-11)13-7/h2-5H,1H3. The summed E-state index contributed by atoms with van der Waals surface area (Å²) < 4.78 is 14.2. The Labute approximate surface area is 84.3 Å². The molecule has 0 aromatic carbocycles. The van der Waals surface area contributed by atoms with Crippen molar-refractivity contribution in [2.24, 2.45) is 0 Å². The number of rotatable bonds is 3. The Morgan fingerprint density at radius 3 is 3.00 bits per heavy atom. The average molecular weight is 209 g/mol. The van der Waals surface area contributed by atoms with Crippen molar-refractivity contribution >= 4 is 17.8 Å². The minimum Gasteiger partial charge on any atom is -0.480 e. The van der Waals surface area contributed by atoms with E-state index in [1.165, 1.54) is 11.5 Å². The fourth-order valence-electron chi connectivity index (χ4n) is 1.02. The van der Waals surface area contributed by atoms with Crippen LogP contribution in [0.3, 0.4) is 0 Å². The van der Waals surface area contributed by atoms with Crippen LogP contribution in [0.15, 0.2) is 22.6 Å². The minimum absolute atomic E-state index is 0.312. The fraction of sp³-hybridized carbons (Fsp3) is 0.111. The third-order valence-corrected chi connectivity index (χ3v) is 2.47. The van der Waals surface area contributed by atoms with Crippen LogP contribution >= 0.6 is 11.5 Å². The quantitative estimate of drug-likeness (QED) is 0.727. The van der Waals surface area contributed by atoms with Crippen LogP contribution in [0.1, 0.15) is 10.6 Å². The Morgan fingerprint density at radius 2 is 2.43 bits per heavy atom. The number of methoxy groups -OCH3 is 1. The molecule has 2 rings (SSSR count). The molecular weight excluding hydrogens is 202 g/mol. The Bertz CT molecular complexity index is 446. The van der Waals surface area contributed by atoms with Crippen LogP contribution in [-0.2, 0) is 0 Å². The van der Waals surface area contributed by atoms with Crippen molar-refractivity contribution in [3.05, 3.63) is 24.0 Å². The van der Waals surface area contributed by atoms with E-state index in [0.717, 1.165) is 4.88 Å². The molecule has 0 atom stereocenters. The van der Waals surface area contributed by atoms with Crippen LogP contribution in [0.25, 0.3) is 10.6 Å². The zero-order valence-corrected chi connectivity index (χ0v) is 8.21. The molecule has 0 spiro atoms. The summed E-state index contributed by atoms with van der Waals surface area (Å²) >= 11 is 1.27. The summed E-state index contributed by atoms with van der Waals surface area (Å²) in [5.74, 6) is 1.49. The third kappa shape index (κ3) is 1.54. The van der Waals surface area contributed by atoms with Gasteiger partial charge in [0.25, 0.3) is 0 Å². The van der Waals surface area contributed by atoms with Gasteiger partial charge in [0.2, 0.25) is 5.88 Å². The highest BCUT2D eigenvalue weighted by atomic mass is 32.1. The number of aromatic nitrogens is 1. The molecule has 0 unspecified atom stereocenters. The van der Waals surface area contributed by atoms with Crippen molar-refractivity contribution in [2.75, 3.05) is 7.11 Å². The summed E-state index contributed by atoms with van der Waals surface area (Å²) in [4.78, 5) is 11.2. The first-order chi connectivity index (χ1) is 6.83. The highest BCUT2D eigenvalue weighted by Crippen LogP contribution is 2.28. The van der Waals surface area contributed by atoms with Crippen molar-refractivity contribution in [3.8, 4) is 16.5 Å². The molecule has 14 heavy (non-hydrogen) atoms. The number of ether oxygens (including phenoxy) is 1. The molecule has 2 heterocycles. The van der Waals surface area contributed by atoms with Gasteiger partial charge in [0.05, 0.1) is 12.0 Å². The SMILES string of the molecule is COc1cc(-c2ccc(C=O)o2)sn1. The Kier molecular flexibility index (Phi) is 2.32. The Hall–Kier alpha value is -1.62. The third-order valence-electron chi connectivity index (χ3n) is 1.68. The molecule has 72 valence electrons. The molecule has 0 saturated heterocycles. The monoisotopic (exact) mass is 209 g/mol. The molecule has 2 aromatic rings. The van der Waals surface area contributed by atoms with Gasteiger partial charge in [0.15, 0.2) is 12.0 Å². The van der Waals surface area contributed by atoms with Gasteiger partial charge in [-0.2, -0.15) is 4.37 Å². The van der Waals surface area contributed by atoms with Gasteiger partial charge in [-0.3, -0.25) is 4.79 Å². The number of aldehydes is 1. The minimum atomic E-state index is 0.312. The Balaban J connectivity index is 2.33. The number of hydrogen-bond donors (Lipinski definition) is 0. The summed E-state index contributed by atoms with van der Waals surface area (Å²) in [5.41, 5.74) is 0. The van der Waals surface area contributed by atoms with Crippen LogP contribution in [0.2, 0.25) is 0 Å². The van der Waals surface area contributed by atoms with Gasteiger partial charge in [-0.15, -0.1) is 0 Å². The largest absolute Gasteiger partial charge is 0.480 e. The number of carbonyl (C=O) groups excluding carboxylic acids is 1. The predicted molar refractivity (Wildman–Crippen MR) is 51.8 cm³/mol. The maximum Gasteiger partial charge on any atom is 0.225 e. The van der Waals surface area contributed by atoms with E-state index in [2.05, 4.69) is 4.37 Å². The van der Waals surface area contributed by atoms with E-state index in [-0.39, 0.29) is 0 Å². The van der Waals surface area contributed by atoms with E-state index in [4.69, 9.17) is 9.15 Å². The predicted octanol–water partition coefficient (Wildman–Crippen LogP) is 2.22. The summed E-state index contributed by atoms with van der Waals surface area (Å²) in [6.45, 7) is 0. The first kappa shape index (κ1) is 8.96. The van der Waals surface area contributed by atoms with E-state index < -0.39 is 0 Å². The first-order valence-electron chi connectivity index (χ1n) is 3.89. The molecule has 4 nitrogen and oxygen atoms in total. The molecule has 0 fully saturated rings. The number of furan rings is 1. The molecule has 0 bridgehead atoms. The van der Waals surface area contributed by atoms with Crippen molar-refractivity contribution in [1.82, 2.24) is 4.37 Å². The zero-order valence-electron chi connectivity index (χ0n) is 7.39. The van der Waals surface area contributed by atoms with Gasteiger partial charge < -0.3 is 9.15 Å². The van der Waals surface area contributed by atoms with Crippen LogP contribution in [-0.4, -0.2) is 17.8 Å². The molecule has 0 radical (unpaired) electrons. The van der Waals surface area contributed by atoms with Crippen LogP contribution in [0.4, 0.5) is 0 Å². The lowest BCUT2D eigenvalue weighted by atomic mass is 10.4. The van der Waals surface area contributed by atoms with E-state index in [1.807, 2.05) is 0 Å². The van der Waals surface area contributed by atoms with Crippen molar-refractivity contribution in [3.63, 3.8) is 0 Å². The van der Waals surface area contributed by atoms with Crippen molar-refractivity contribution < 1.29 is 13.9 Å². The zero-order chi connectivity index (χ0) is 9.97. The highest BCUT2D eigenvalue weighted by molar-refractivity contribution is 7.09. The molecule has 0 aliphatic heterocycles. The van der Waals surface area contributed by atoms with Crippen molar-refractivity contribution in [1.29, 1.82) is 0 Å². The smallest absolute Gasteiger partial charge is 0.225 e. The lowest BCUT2D eigenvalue weighted by Gasteiger charge is -1.88. The number of hydrogen-bond acceptors (Lipinski definition) is 5. The number of nitrogens with zero attached hydrogens (tertiary/aromatic N) is 1. The summed E-state index contributed by atoms with van der Waals surface area (Å²) in [5, 5.41) is 0. The normalized spacial score (nSPS) is 10.1. The maximum atomic E-state index is 10.4. The van der Waals surface area contributed by atoms with Gasteiger partial charge >= 0.3 is 0 Å². The lowest BCUT2D eigenvalue weighted by molar-refractivity contribution is 0.110. The van der Waals surface area contributed by atoms with Gasteiger partial charge in [0.1, 0.15) is 5.76 Å². The van der Waals surface area contributed by atoms with Crippen LogP contribution in [0, 0.1) is 0 Å². The van der Waals surface area contributed by atoms with Crippen molar-refractivity contribution in [2.45, 2.75) is 0 Å². The summed E-state index contributed by atoms with van der Waals surface area (Å²) in [7, 11) is 1.55. The number of carbonyl (C=O) groups is 1. The fourth-order valence-corrected chi connectivity index (χ4v) is 1.69. The molecule has 2 aromatic heterocycles. The van der Waals surface area contributed by atoms with Gasteiger partial charge in [-0.1, -0.05) is 0 Å². The van der Waals surface area contributed by atoms with Gasteiger partial charge in [-0.05, 0) is 23.7 Å². The van der Waals surface area contributed by atoms with E-state index in [1.54, 1.807) is 25.3 Å². The summed E-state index contributed by atoms with van der Waals surface area (Å²) in [6.07, 6.45) is 0.668. The summed E-state index contributed by atoms with van der Waals surface area (Å²) in [6, 6.07) is 5.11. The maximum absolute atomic E-state index is 10.4. The van der Waals surface area contributed by atoms with Gasteiger partial charge in [-0.25, -0.2) is 0 Å². The van der Waals surface area contributed by atoms with E-state index in [0.29, 0.717) is 23.7 Å². The van der Waals surface area contributed by atoms with E-state index in [9.17, 15) is 4.79 Å². The second-order valence-corrected chi connectivity index (χ2v) is 3.36. The van der Waals surface area contributed by atoms with Crippen LogP contribution < -0.4 is 4.74 Å². The molecule has 0 saturated carbocycles. The first-order valence-corrected chi connectivity index (χ1v) is 4.67. The molecule has 0 amide bonds. The van der Waals surface area contributed by atoms with Crippen LogP contribution in [0.5, 0.6) is 5.88 Å². The molecule has 0 aliphatic carbocycles. The average Bonchev–Trinajstić information content (AvgIpc) is 2.86. The Morgan fingerprint density at radius 1 is 1.57 bits per heavy atom. The molecular formula is C9H7NO3S. The molecule has 0 aliphatic rings. The lowest BCUT2D eigenvalue weighted by Crippen LogP contribution is -1.78. The molecule has 0 N–H and O–H groups in total. The topological polar surface area (TPSA) is 52.3 Å². The molecule has 5 heteroatoms. The highest BCUT2D eigenvalue weighted by Gasteiger charge is 2.08. The second kappa shape index (κ2) is 3.63. The second-order valence-electron chi connectivity index (χ2n) is 2.55. The van der Waals surface area contributed by atoms with E-state index >= 15 is 0 Å².